The molecule has 1 fully saturated rings. The van der Waals surface area contributed by atoms with E-state index in [-0.39, 0.29) is 5.97 Å². The van der Waals surface area contributed by atoms with Crippen LogP contribution in [0.15, 0.2) is 52.9 Å². The summed E-state index contributed by atoms with van der Waals surface area (Å²) in [6.45, 7) is 7.79. The second kappa shape index (κ2) is 7.35. The Bertz CT molecular complexity index is 941. The number of hydrogen-bond donors (Lipinski definition) is 0. The summed E-state index contributed by atoms with van der Waals surface area (Å²) in [6, 6.07) is 16.6. The average Bonchev–Trinajstić information content (AvgIpc) is 3.04. The first-order chi connectivity index (χ1) is 13.2. The minimum atomic E-state index is -0.320. The van der Waals surface area contributed by atoms with E-state index in [1.54, 1.807) is 0 Å². The minimum absolute atomic E-state index is 0.320. The summed E-state index contributed by atoms with van der Waals surface area (Å²) in [6.07, 6.45) is 0. The van der Waals surface area contributed by atoms with Crippen molar-refractivity contribution in [2.24, 2.45) is 0 Å². The molecular weight excluding hydrogens is 340 g/mol. The first-order valence-corrected chi connectivity index (χ1v) is 9.42. The Kier molecular flexibility index (Phi) is 4.75. The van der Waals surface area contributed by atoms with Crippen LogP contribution in [0.1, 0.15) is 23.0 Å². The van der Waals surface area contributed by atoms with Gasteiger partial charge in [-0.1, -0.05) is 18.2 Å². The summed E-state index contributed by atoms with van der Waals surface area (Å²) in [5.74, 6) is 0.286. The highest BCUT2D eigenvalue weighted by Crippen LogP contribution is 2.31. The lowest BCUT2D eigenvalue weighted by molar-refractivity contribution is 0.0526. The van der Waals surface area contributed by atoms with Crippen molar-refractivity contribution >= 4 is 28.3 Å². The molecule has 4 rings (SSSR count). The molecule has 1 aliphatic rings. The molecule has 0 spiro atoms. The number of hydrogen-bond acceptors (Lipinski definition) is 5. The van der Waals surface area contributed by atoms with Crippen LogP contribution in [-0.2, 0) is 4.74 Å². The van der Waals surface area contributed by atoms with Gasteiger partial charge < -0.3 is 19.0 Å². The molecule has 0 saturated carbocycles. The second-order valence-corrected chi connectivity index (χ2v) is 6.74. The molecule has 1 saturated heterocycles. The largest absolute Gasteiger partial charge is 0.462 e. The zero-order valence-corrected chi connectivity index (χ0v) is 15.8. The number of fused-ring (bicyclic) bond motifs is 1. The van der Waals surface area contributed by atoms with Gasteiger partial charge in [-0.3, -0.25) is 0 Å². The zero-order chi connectivity index (χ0) is 18.8. The van der Waals surface area contributed by atoms with E-state index in [2.05, 4.69) is 46.2 Å². The lowest BCUT2D eigenvalue weighted by Gasteiger charge is -2.37. The van der Waals surface area contributed by atoms with Crippen molar-refractivity contribution in [2.45, 2.75) is 13.8 Å². The molecule has 140 valence electrons. The molecule has 0 atom stereocenters. The van der Waals surface area contributed by atoms with Gasteiger partial charge in [-0.15, -0.1) is 0 Å². The van der Waals surface area contributed by atoms with Gasteiger partial charge in [-0.05, 0) is 44.2 Å². The van der Waals surface area contributed by atoms with Crippen LogP contribution < -0.4 is 9.80 Å². The number of aryl methyl sites for hydroxylation is 1. The van der Waals surface area contributed by atoms with Gasteiger partial charge in [0.25, 0.3) is 0 Å². The Labute approximate surface area is 159 Å². The molecule has 2 heterocycles. The molecule has 0 unspecified atom stereocenters. The number of carbonyl (C=O) groups excluding carboxylic acids is 1. The van der Waals surface area contributed by atoms with E-state index in [9.17, 15) is 4.79 Å². The van der Waals surface area contributed by atoms with E-state index in [1.165, 1.54) is 5.69 Å². The third-order valence-electron chi connectivity index (χ3n) is 5.09. The van der Waals surface area contributed by atoms with Crippen molar-refractivity contribution in [1.29, 1.82) is 0 Å². The molecule has 0 bridgehead atoms. The lowest BCUT2D eigenvalue weighted by atomic mass is 10.1. The number of ether oxygens (including phenoxy) is 1. The zero-order valence-electron chi connectivity index (χ0n) is 15.8. The van der Waals surface area contributed by atoms with Gasteiger partial charge in [0.1, 0.15) is 16.9 Å². The van der Waals surface area contributed by atoms with E-state index in [0.29, 0.717) is 17.9 Å². The van der Waals surface area contributed by atoms with Crippen molar-refractivity contribution in [2.75, 3.05) is 42.6 Å². The number of para-hydroxylation sites is 1. The maximum Gasteiger partial charge on any atom is 0.342 e. The molecule has 0 aliphatic carbocycles. The van der Waals surface area contributed by atoms with Crippen molar-refractivity contribution in [3.05, 3.63) is 59.9 Å². The minimum Gasteiger partial charge on any atom is -0.462 e. The Morgan fingerprint density at radius 1 is 1.00 bits per heavy atom. The van der Waals surface area contributed by atoms with Gasteiger partial charge in [0.05, 0.1) is 6.61 Å². The summed E-state index contributed by atoms with van der Waals surface area (Å²) < 4.78 is 11.0. The maximum absolute atomic E-state index is 12.3. The summed E-state index contributed by atoms with van der Waals surface area (Å²) in [4.78, 5) is 17.1. The number of nitrogens with zero attached hydrogens (tertiary/aromatic N) is 2. The molecule has 1 aliphatic heterocycles. The van der Waals surface area contributed by atoms with Crippen LogP contribution in [0.25, 0.3) is 11.0 Å². The van der Waals surface area contributed by atoms with Gasteiger partial charge in [0.2, 0.25) is 0 Å². The lowest BCUT2D eigenvalue weighted by Crippen LogP contribution is -2.46. The number of piperazine rings is 1. The van der Waals surface area contributed by atoms with Crippen LogP contribution in [0.3, 0.4) is 0 Å². The number of benzene rings is 2. The van der Waals surface area contributed by atoms with E-state index >= 15 is 0 Å². The highest BCUT2D eigenvalue weighted by Gasteiger charge is 2.22. The van der Waals surface area contributed by atoms with Crippen molar-refractivity contribution in [3.8, 4) is 0 Å². The van der Waals surface area contributed by atoms with Crippen LogP contribution in [-0.4, -0.2) is 38.8 Å². The Balaban J connectivity index is 1.56. The fraction of sp³-hybridized carbons (Fsp3) is 0.318. The molecule has 0 radical (unpaired) electrons. The molecular formula is C22H24N2O3. The quantitative estimate of drug-likeness (QED) is 0.648. The van der Waals surface area contributed by atoms with Crippen LogP contribution in [0.5, 0.6) is 0 Å². The number of rotatable bonds is 4. The maximum atomic E-state index is 12.3. The third kappa shape index (κ3) is 3.37. The Hall–Kier alpha value is -2.95. The molecule has 0 amide bonds. The molecule has 0 N–H and O–H groups in total. The summed E-state index contributed by atoms with van der Waals surface area (Å²) in [5, 5.41) is 0.828. The van der Waals surface area contributed by atoms with Gasteiger partial charge in [0.15, 0.2) is 0 Å². The molecule has 1 aromatic heterocycles. The number of anilines is 2. The van der Waals surface area contributed by atoms with Crippen molar-refractivity contribution in [3.63, 3.8) is 0 Å². The molecule has 5 nitrogen and oxygen atoms in total. The SMILES string of the molecule is CCOC(=O)c1c(C)oc2ccc(N3CCN(c4ccccc4)CC3)cc12. The first kappa shape index (κ1) is 17.5. The highest BCUT2D eigenvalue weighted by atomic mass is 16.5. The Morgan fingerprint density at radius 3 is 2.33 bits per heavy atom. The van der Waals surface area contributed by atoms with Gasteiger partial charge in [0, 0.05) is 42.9 Å². The normalized spacial score (nSPS) is 14.6. The number of furan rings is 1. The predicted octanol–water partition coefficient (Wildman–Crippen LogP) is 4.24. The fourth-order valence-corrected chi connectivity index (χ4v) is 3.72. The smallest absolute Gasteiger partial charge is 0.342 e. The van der Waals surface area contributed by atoms with E-state index in [0.717, 1.165) is 42.8 Å². The van der Waals surface area contributed by atoms with Crippen molar-refractivity contribution in [1.82, 2.24) is 0 Å². The fourth-order valence-electron chi connectivity index (χ4n) is 3.72. The van der Waals surface area contributed by atoms with Crippen LogP contribution in [0.4, 0.5) is 11.4 Å². The second-order valence-electron chi connectivity index (χ2n) is 6.74. The van der Waals surface area contributed by atoms with E-state index < -0.39 is 0 Å². The number of esters is 1. The first-order valence-electron chi connectivity index (χ1n) is 9.42. The molecule has 5 heteroatoms. The molecule has 3 aromatic rings. The summed E-state index contributed by atoms with van der Waals surface area (Å²) in [7, 11) is 0. The van der Waals surface area contributed by atoms with Crippen LogP contribution in [0, 0.1) is 6.92 Å². The molecule has 2 aromatic carbocycles. The third-order valence-corrected chi connectivity index (χ3v) is 5.09. The van der Waals surface area contributed by atoms with Gasteiger partial charge >= 0.3 is 5.97 Å². The monoisotopic (exact) mass is 364 g/mol. The Morgan fingerprint density at radius 2 is 1.67 bits per heavy atom. The topological polar surface area (TPSA) is 45.9 Å². The van der Waals surface area contributed by atoms with E-state index in [1.807, 2.05) is 26.0 Å². The van der Waals surface area contributed by atoms with Crippen molar-refractivity contribution < 1.29 is 13.9 Å². The predicted molar refractivity (Wildman–Crippen MR) is 108 cm³/mol. The van der Waals surface area contributed by atoms with Crippen LogP contribution in [0.2, 0.25) is 0 Å². The van der Waals surface area contributed by atoms with Gasteiger partial charge in [-0.2, -0.15) is 0 Å². The standard InChI is InChI=1S/C22H24N2O3/c1-3-26-22(25)21-16(2)27-20-10-9-18(15-19(20)21)24-13-11-23(12-14-24)17-7-5-4-6-8-17/h4-10,15H,3,11-14H2,1-2H3. The molecule has 27 heavy (non-hydrogen) atoms. The number of carbonyl (C=O) groups is 1. The summed E-state index contributed by atoms with van der Waals surface area (Å²) in [5.41, 5.74) is 3.64. The van der Waals surface area contributed by atoms with Crippen LogP contribution >= 0.6 is 0 Å². The van der Waals surface area contributed by atoms with E-state index in [4.69, 9.17) is 9.15 Å². The summed E-state index contributed by atoms with van der Waals surface area (Å²) >= 11 is 0. The highest BCUT2D eigenvalue weighted by molar-refractivity contribution is 6.05. The van der Waals surface area contributed by atoms with Gasteiger partial charge in [-0.25, -0.2) is 4.79 Å². The average molecular weight is 364 g/mol.